The number of amides is 1. The average molecular weight is 368 g/mol. The summed E-state index contributed by atoms with van der Waals surface area (Å²) >= 11 is 1.10. The molecule has 1 amide bonds. The van der Waals surface area contributed by atoms with Crippen molar-refractivity contribution >= 4 is 34.9 Å². The summed E-state index contributed by atoms with van der Waals surface area (Å²) in [6.45, 7) is 1.94. The summed E-state index contributed by atoms with van der Waals surface area (Å²) in [5.41, 5.74) is 7.70. The number of carbonyl (C=O) groups excluding carboxylic acids is 2. The topological polar surface area (TPSA) is 91.0 Å². The van der Waals surface area contributed by atoms with Gasteiger partial charge in [0.1, 0.15) is 0 Å². The van der Waals surface area contributed by atoms with E-state index in [4.69, 9.17) is 15.2 Å². The molecule has 1 heterocycles. The maximum Gasteiger partial charge on any atom is 0.343 e. The molecule has 0 saturated carbocycles. The maximum atomic E-state index is 12.4. The van der Waals surface area contributed by atoms with Gasteiger partial charge in [0.05, 0.1) is 17.6 Å². The van der Waals surface area contributed by atoms with E-state index in [0.29, 0.717) is 21.8 Å². The molecule has 7 heteroatoms. The van der Waals surface area contributed by atoms with Gasteiger partial charge in [-0.15, -0.1) is 0 Å². The molecule has 0 bridgehead atoms. The molecule has 0 saturated heterocycles. The summed E-state index contributed by atoms with van der Waals surface area (Å²) in [7, 11) is 1.49. The highest BCUT2D eigenvalue weighted by Crippen LogP contribution is 2.32. The van der Waals surface area contributed by atoms with Gasteiger partial charge in [0.2, 0.25) is 0 Å². The molecular weight excluding hydrogens is 352 g/mol. The zero-order valence-electron chi connectivity index (χ0n) is 14.2. The van der Waals surface area contributed by atoms with Crippen LogP contribution in [0.15, 0.2) is 52.4 Å². The van der Waals surface area contributed by atoms with Crippen molar-refractivity contribution in [2.75, 3.05) is 7.11 Å². The number of thioether (sulfide) groups is 1. The number of benzene rings is 2. The molecule has 132 valence electrons. The van der Waals surface area contributed by atoms with E-state index in [1.165, 1.54) is 7.11 Å². The monoisotopic (exact) mass is 368 g/mol. The number of rotatable bonds is 4. The van der Waals surface area contributed by atoms with Gasteiger partial charge in [0.25, 0.3) is 5.91 Å². The van der Waals surface area contributed by atoms with Gasteiger partial charge in [0.15, 0.2) is 16.7 Å². The van der Waals surface area contributed by atoms with Crippen molar-refractivity contribution in [3.8, 4) is 11.5 Å². The summed E-state index contributed by atoms with van der Waals surface area (Å²) in [5, 5.41) is 0.209. The normalized spacial score (nSPS) is 15.1. The molecule has 0 radical (unpaired) electrons. The lowest BCUT2D eigenvalue weighted by Gasteiger charge is -2.10. The van der Waals surface area contributed by atoms with E-state index >= 15 is 0 Å². The van der Waals surface area contributed by atoms with E-state index in [9.17, 15) is 9.59 Å². The van der Waals surface area contributed by atoms with Crippen molar-refractivity contribution in [2.24, 2.45) is 10.7 Å². The zero-order chi connectivity index (χ0) is 18.7. The van der Waals surface area contributed by atoms with Crippen molar-refractivity contribution in [1.82, 2.24) is 0 Å². The van der Waals surface area contributed by atoms with E-state index in [1.807, 2.05) is 19.1 Å². The lowest BCUT2D eigenvalue weighted by atomic mass is 10.1. The highest BCUT2D eigenvalue weighted by Gasteiger charge is 2.20. The average Bonchev–Trinajstić information content (AvgIpc) is 2.93. The largest absolute Gasteiger partial charge is 0.493 e. The predicted molar refractivity (Wildman–Crippen MR) is 101 cm³/mol. The fourth-order valence-electron chi connectivity index (χ4n) is 2.29. The Labute approximate surface area is 154 Å². The molecule has 1 aliphatic heterocycles. The van der Waals surface area contributed by atoms with Crippen molar-refractivity contribution < 1.29 is 19.1 Å². The van der Waals surface area contributed by atoms with Crippen LogP contribution in [0, 0.1) is 6.92 Å². The predicted octanol–water partition coefficient (Wildman–Crippen LogP) is 3.15. The van der Waals surface area contributed by atoms with Crippen LogP contribution in [0.1, 0.15) is 21.5 Å². The Morgan fingerprint density at radius 2 is 1.88 bits per heavy atom. The third kappa shape index (κ3) is 3.94. The van der Waals surface area contributed by atoms with Crippen molar-refractivity contribution in [1.29, 1.82) is 0 Å². The van der Waals surface area contributed by atoms with Crippen LogP contribution in [0.3, 0.4) is 0 Å². The molecule has 1 aliphatic rings. The molecular formula is C19H16N2O4S. The Hall–Kier alpha value is -3.06. The summed E-state index contributed by atoms with van der Waals surface area (Å²) < 4.78 is 10.7. The second kappa shape index (κ2) is 7.45. The number of amidine groups is 1. The standard InChI is InChI=1S/C19H16N2O4S/c1-11-3-6-13(7-4-11)18(23)25-15-9-12(5-8-14(15)24-2)10-16-17(22)21-19(20)26-16/h3-10H,1-2H3,(H2,20,21,22)/b16-10-. The number of nitrogens with two attached hydrogens (primary N) is 1. The van der Waals surface area contributed by atoms with Crippen LogP contribution in [0.2, 0.25) is 0 Å². The molecule has 0 spiro atoms. The number of aliphatic imine (C=N–C) groups is 1. The molecule has 0 atom stereocenters. The van der Waals surface area contributed by atoms with Gasteiger partial charge < -0.3 is 15.2 Å². The minimum Gasteiger partial charge on any atom is -0.493 e. The molecule has 2 aromatic rings. The molecule has 0 unspecified atom stereocenters. The quantitative estimate of drug-likeness (QED) is 0.506. The number of hydrogen-bond donors (Lipinski definition) is 1. The van der Waals surface area contributed by atoms with Crippen LogP contribution in [0.5, 0.6) is 11.5 Å². The molecule has 26 heavy (non-hydrogen) atoms. The Balaban J connectivity index is 1.86. The highest BCUT2D eigenvalue weighted by molar-refractivity contribution is 8.18. The lowest BCUT2D eigenvalue weighted by molar-refractivity contribution is -0.113. The number of carbonyl (C=O) groups is 2. The molecule has 2 aromatic carbocycles. The number of esters is 1. The summed E-state index contributed by atoms with van der Waals surface area (Å²) in [5.74, 6) is -0.209. The van der Waals surface area contributed by atoms with Gasteiger partial charge in [0, 0.05) is 0 Å². The fraction of sp³-hybridized carbons (Fsp3) is 0.105. The van der Waals surface area contributed by atoms with E-state index in [0.717, 1.165) is 17.3 Å². The van der Waals surface area contributed by atoms with Gasteiger partial charge in [-0.25, -0.2) is 4.79 Å². The number of aryl methyl sites for hydroxylation is 1. The summed E-state index contributed by atoms with van der Waals surface area (Å²) in [6.07, 6.45) is 1.64. The van der Waals surface area contributed by atoms with Gasteiger partial charge in [-0.2, -0.15) is 4.99 Å². The third-order valence-electron chi connectivity index (χ3n) is 3.61. The minimum absolute atomic E-state index is 0.209. The molecule has 0 aromatic heterocycles. The Bertz CT molecular complexity index is 933. The van der Waals surface area contributed by atoms with Crippen molar-refractivity contribution in [3.05, 3.63) is 64.1 Å². The van der Waals surface area contributed by atoms with Gasteiger partial charge in [-0.1, -0.05) is 23.8 Å². The van der Waals surface area contributed by atoms with Crippen molar-refractivity contribution in [2.45, 2.75) is 6.92 Å². The van der Waals surface area contributed by atoms with Crippen molar-refractivity contribution in [3.63, 3.8) is 0 Å². The van der Waals surface area contributed by atoms with Crippen LogP contribution in [0.25, 0.3) is 6.08 Å². The molecule has 6 nitrogen and oxygen atoms in total. The van der Waals surface area contributed by atoms with Gasteiger partial charge in [-0.05, 0) is 54.6 Å². The van der Waals surface area contributed by atoms with E-state index in [1.54, 1.807) is 36.4 Å². The third-order valence-corrected chi connectivity index (χ3v) is 4.43. The van der Waals surface area contributed by atoms with E-state index in [2.05, 4.69) is 4.99 Å². The second-order valence-corrected chi connectivity index (χ2v) is 6.59. The first-order valence-electron chi connectivity index (χ1n) is 7.71. The first kappa shape index (κ1) is 17.8. The van der Waals surface area contributed by atoms with Crippen LogP contribution in [0.4, 0.5) is 0 Å². The van der Waals surface area contributed by atoms with E-state index < -0.39 is 5.97 Å². The number of hydrogen-bond acceptors (Lipinski definition) is 6. The number of methoxy groups -OCH3 is 1. The molecule has 0 aliphatic carbocycles. The van der Waals surface area contributed by atoms with Crippen LogP contribution in [-0.2, 0) is 4.79 Å². The smallest absolute Gasteiger partial charge is 0.343 e. The van der Waals surface area contributed by atoms with Gasteiger partial charge in [-0.3, -0.25) is 4.79 Å². The Kier molecular flexibility index (Phi) is 5.09. The first-order chi connectivity index (χ1) is 12.5. The highest BCUT2D eigenvalue weighted by atomic mass is 32.2. The summed E-state index contributed by atoms with van der Waals surface area (Å²) in [4.78, 5) is 28.1. The van der Waals surface area contributed by atoms with Gasteiger partial charge >= 0.3 is 5.97 Å². The molecule has 2 N–H and O–H groups in total. The molecule has 3 rings (SSSR count). The Morgan fingerprint density at radius 1 is 1.15 bits per heavy atom. The van der Waals surface area contributed by atoms with Crippen LogP contribution < -0.4 is 15.2 Å². The molecule has 0 fully saturated rings. The Morgan fingerprint density at radius 3 is 2.50 bits per heavy atom. The zero-order valence-corrected chi connectivity index (χ0v) is 15.0. The SMILES string of the molecule is COc1ccc(/C=C2\SC(N)=NC2=O)cc1OC(=O)c1ccc(C)cc1. The number of nitrogens with zero attached hydrogens (tertiary/aromatic N) is 1. The number of ether oxygens (including phenoxy) is 2. The lowest BCUT2D eigenvalue weighted by Crippen LogP contribution is -2.09. The maximum absolute atomic E-state index is 12.4. The van der Waals surface area contributed by atoms with E-state index in [-0.39, 0.29) is 16.8 Å². The fourth-order valence-corrected chi connectivity index (χ4v) is 2.97. The summed E-state index contributed by atoms with van der Waals surface area (Å²) in [6, 6.07) is 12.1. The minimum atomic E-state index is -0.494. The second-order valence-electron chi connectivity index (χ2n) is 5.53. The van der Waals surface area contributed by atoms with Crippen LogP contribution >= 0.6 is 11.8 Å². The first-order valence-corrected chi connectivity index (χ1v) is 8.53. The van der Waals surface area contributed by atoms with Crippen LogP contribution in [-0.4, -0.2) is 24.2 Å².